The molecule has 1 fully saturated rings. The molecule has 0 radical (unpaired) electrons. The van der Waals surface area contributed by atoms with Gasteiger partial charge in [-0.3, -0.25) is 9.69 Å². The Morgan fingerprint density at radius 2 is 2.13 bits per heavy atom. The zero-order valence-electron chi connectivity index (χ0n) is 16.6. The van der Waals surface area contributed by atoms with Gasteiger partial charge in [0.2, 0.25) is 0 Å². The van der Waals surface area contributed by atoms with Crippen molar-refractivity contribution in [3.05, 3.63) is 66.1 Å². The number of hydrogen-bond donors (Lipinski definition) is 0. The monoisotopic (exact) mass is 419 g/mol. The summed E-state index contributed by atoms with van der Waals surface area (Å²) in [7, 11) is 0. The number of thiazole rings is 1. The van der Waals surface area contributed by atoms with Crippen LogP contribution in [-0.2, 0) is 4.74 Å². The minimum atomic E-state index is -0.121. The van der Waals surface area contributed by atoms with E-state index in [2.05, 4.69) is 10.1 Å². The Morgan fingerprint density at radius 1 is 1.27 bits per heavy atom. The van der Waals surface area contributed by atoms with Crippen LogP contribution in [0.25, 0.3) is 16.0 Å². The molecular formula is C22H21N5O2S. The van der Waals surface area contributed by atoms with Crippen molar-refractivity contribution < 1.29 is 9.53 Å². The number of nitrogens with zero attached hydrogens (tertiary/aromatic N) is 5. The van der Waals surface area contributed by atoms with Crippen LogP contribution in [-0.4, -0.2) is 44.9 Å². The van der Waals surface area contributed by atoms with Gasteiger partial charge in [-0.1, -0.05) is 29.5 Å². The van der Waals surface area contributed by atoms with Crippen molar-refractivity contribution in [3.8, 4) is 5.82 Å². The number of ether oxygens (including phenoxy) is 1. The number of benzene rings is 1. The van der Waals surface area contributed by atoms with Crippen molar-refractivity contribution in [2.75, 3.05) is 18.1 Å². The van der Waals surface area contributed by atoms with Crippen LogP contribution < -0.4 is 4.90 Å². The highest BCUT2D eigenvalue weighted by Crippen LogP contribution is 2.31. The van der Waals surface area contributed by atoms with Gasteiger partial charge in [0.05, 0.1) is 40.3 Å². The van der Waals surface area contributed by atoms with Crippen LogP contribution in [0.4, 0.5) is 5.13 Å². The third kappa shape index (κ3) is 3.48. The van der Waals surface area contributed by atoms with E-state index in [0.29, 0.717) is 23.1 Å². The van der Waals surface area contributed by atoms with E-state index >= 15 is 0 Å². The lowest BCUT2D eigenvalue weighted by molar-refractivity contribution is 0.0917. The lowest BCUT2D eigenvalue weighted by Crippen LogP contribution is -2.37. The summed E-state index contributed by atoms with van der Waals surface area (Å²) in [5.41, 5.74) is 2.18. The Labute approximate surface area is 177 Å². The molecule has 4 heterocycles. The van der Waals surface area contributed by atoms with Gasteiger partial charge in [-0.05, 0) is 44.0 Å². The van der Waals surface area contributed by atoms with E-state index in [4.69, 9.17) is 9.72 Å². The van der Waals surface area contributed by atoms with Crippen molar-refractivity contribution in [1.29, 1.82) is 0 Å². The summed E-state index contributed by atoms with van der Waals surface area (Å²) in [4.78, 5) is 24.4. The average Bonchev–Trinajstić information content (AvgIpc) is 3.51. The number of anilines is 1. The summed E-state index contributed by atoms with van der Waals surface area (Å²) in [6.07, 6.45) is 5.31. The number of carbonyl (C=O) groups is 1. The summed E-state index contributed by atoms with van der Waals surface area (Å²) in [6.45, 7) is 3.10. The number of fused-ring (bicyclic) bond motifs is 1. The first-order chi connectivity index (χ1) is 14.7. The molecule has 0 spiro atoms. The fourth-order valence-electron chi connectivity index (χ4n) is 3.69. The third-order valence-corrected chi connectivity index (χ3v) is 6.33. The van der Waals surface area contributed by atoms with Crippen molar-refractivity contribution in [1.82, 2.24) is 19.7 Å². The van der Waals surface area contributed by atoms with Crippen LogP contribution in [0.1, 0.15) is 28.9 Å². The molecule has 1 aliphatic heterocycles. The number of pyridine rings is 1. The fourth-order valence-corrected chi connectivity index (χ4v) is 4.66. The lowest BCUT2D eigenvalue weighted by Gasteiger charge is -2.23. The number of carbonyl (C=O) groups excluding carboxylic acids is 1. The zero-order valence-corrected chi connectivity index (χ0v) is 17.4. The summed E-state index contributed by atoms with van der Waals surface area (Å²) in [5.74, 6) is 0.559. The smallest absolute Gasteiger partial charge is 0.263 e. The highest BCUT2D eigenvalue weighted by Gasteiger charge is 2.29. The van der Waals surface area contributed by atoms with Crippen molar-refractivity contribution in [2.24, 2.45) is 0 Å². The Hall–Kier alpha value is -3.10. The quantitative estimate of drug-likeness (QED) is 0.489. The van der Waals surface area contributed by atoms with Gasteiger partial charge in [-0.15, -0.1) is 0 Å². The number of hydrogen-bond acceptors (Lipinski definition) is 6. The molecule has 0 aliphatic carbocycles. The molecule has 5 rings (SSSR count). The van der Waals surface area contributed by atoms with Crippen molar-refractivity contribution >= 4 is 32.6 Å². The van der Waals surface area contributed by atoms with E-state index in [0.717, 1.165) is 35.4 Å². The molecule has 1 amide bonds. The van der Waals surface area contributed by atoms with Gasteiger partial charge in [0.25, 0.3) is 5.91 Å². The maximum Gasteiger partial charge on any atom is 0.263 e. The second-order valence-electron chi connectivity index (χ2n) is 7.26. The first-order valence-electron chi connectivity index (χ1n) is 9.96. The van der Waals surface area contributed by atoms with Gasteiger partial charge in [0.15, 0.2) is 10.9 Å². The summed E-state index contributed by atoms with van der Waals surface area (Å²) in [6, 6.07) is 13.5. The third-order valence-electron chi connectivity index (χ3n) is 5.28. The summed E-state index contributed by atoms with van der Waals surface area (Å²) >= 11 is 1.52. The van der Waals surface area contributed by atoms with E-state index in [-0.39, 0.29) is 12.0 Å². The molecule has 7 nitrogen and oxygen atoms in total. The average molecular weight is 420 g/mol. The van der Waals surface area contributed by atoms with Gasteiger partial charge in [-0.25, -0.2) is 14.6 Å². The maximum absolute atomic E-state index is 13.6. The standard InChI is InChI=1S/C22H21N5O2S/c1-15-17(13-24-27(15)20-10-4-5-11-23-20)21(28)26(14-16-7-6-12-29-16)22-25-18-8-2-3-9-19(18)30-22/h2-5,8-11,13,16H,6-7,12,14H2,1H3. The van der Waals surface area contributed by atoms with E-state index in [1.807, 2.05) is 49.4 Å². The Bertz CT molecular complexity index is 1150. The highest BCUT2D eigenvalue weighted by molar-refractivity contribution is 7.22. The van der Waals surface area contributed by atoms with Crippen LogP contribution in [0.3, 0.4) is 0 Å². The molecule has 4 aromatic rings. The van der Waals surface area contributed by atoms with Crippen LogP contribution in [0.2, 0.25) is 0 Å². The predicted octanol–water partition coefficient (Wildman–Crippen LogP) is 4.01. The van der Waals surface area contributed by atoms with Crippen LogP contribution in [0, 0.1) is 6.92 Å². The Balaban J connectivity index is 1.52. The summed E-state index contributed by atoms with van der Waals surface area (Å²) < 4.78 is 8.57. The molecule has 0 N–H and O–H groups in total. The maximum atomic E-state index is 13.6. The number of para-hydroxylation sites is 1. The number of aromatic nitrogens is 4. The van der Waals surface area contributed by atoms with Gasteiger partial charge in [-0.2, -0.15) is 5.10 Å². The first kappa shape index (κ1) is 18.9. The molecule has 1 saturated heterocycles. The number of amides is 1. The Kier molecular flexibility index (Phi) is 5.02. The van der Waals surface area contributed by atoms with E-state index in [9.17, 15) is 4.79 Å². The summed E-state index contributed by atoms with van der Waals surface area (Å²) in [5, 5.41) is 5.10. The molecule has 0 bridgehead atoms. The first-order valence-corrected chi connectivity index (χ1v) is 10.8. The lowest BCUT2D eigenvalue weighted by atomic mass is 10.2. The zero-order chi connectivity index (χ0) is 20.5. The minimum Gasteiger partial charge on any atom is -0.376 e. The molecule has 8 heteroatoms. The largest absolute Gasteiger partial charge is 0.376 e. The van der Waals surface area contributed by atoms with Gasteiger partial charge >= 0.3 is 0 Å². The van der Waals surface area contributed by atoms with E-state index < -0.39 is 0 Å². The molecule has 30 heavy (non-hydrogen) atoms. The number of rotatable bonds is 5. The van der Waals surface area contributed by atoms with Crippen LogP contribution in [0.15, 0.2) is 54.9 Å². The molecule has 152 valence electrons. The van der Waals surface area contributed by atoms with E-state index in [1.165, 1.54) is 11.3 Å². The molecular weight excluding hydrogens is 398 g/mol. The second kappa shape index (κ2) is 7.97. The highest BCUT2D eigenvalue weighted by atomic mass is 32.1. The van der Waals surface area contributed by atoms with Crippen molar-refractivity contribution in [2.45, 2.75) is 25.9 Å². The van der Waals surface area contributed by atoms with Crippen molar-refractivity contribution in [3.63, 3.8) is 0 Å². The molecule has 1 aromatic carbocycles. The van der Waals surface area contributed by atoms with Crippen LogP contribution >= 0.6 is 11.3 Å². The molecule has 1 atom stereocenters. The fraction of sp³-hybridized carbons (Fsp3) is 0.273. The second-order valence-corrected chi connectivity index (χ2v) is 8.27. The van der Waals surface area contributed by atoms with Gasteiger partial charge in [0, 0.05) is 12.8 Å². The molecule has 1 aliphatic rings. The molecule has 0 saturated carbocycles. The van der Waals surface area contributed by atoms with Gasteiger partial charge in [0.1, 0.15) is 0 Å². The normalized spacial score (nSPS) is 16.2. The van der Waals surface area contributed by atoms with Crippen LogP contribution in [0.5, 0.6) is 0 Å². The Morgan fingerprint density at radius 3 is 2.90 bits per heavy atom. The van der Waals surface area contributed by atoms with E-state index in [1.54, 1.807) is 22.0 Å². The topological polar surface area (TPSA) is 73.1 Å². The van der Waals surface area contributed by atoms with Gasteiger partial charge < -0.3 is 4.74 Å². The molecule has 1 unspecified atom stereocenters. The predicted molar refractivity (Wildman–Crippen MR) is 116 cm³/mol. The SMILES string of the molecule is Cc1c(C(=O)N(CC2CCCO2)c2nc3ccccc3s2)cnn1-c1ccccn1. The minimum absolute atomic E-state index is 0.0205. The molecule has 3 aromatic heterocycles.